The van der Waals surface area contributed by atoms with Crippen molar-refractivity contribution in [2.24, 2.45) is 0 Å². The summed E-state index contributed by atoms with van der Waals surface area (Å²) in [5.41, 5.74) is 0.987. The molecular weight excluding hydrogens is 210 g/mol. The lowest BCUT2D eigenvalue weighted by molar-refractivity contribution is -0.109. The van der Waals surface area contributed by atoms with Crippen molar-refractivity contribution in [3.8, 4) is 17.2 Å². The minimum atomic E-state index is 0.224. The molecule has 1 aliphatic rings. The van der Waals surface area contributed by atoms with Crippen LogP contribution in [0.25, 0.3) is 0 Å². The molecule has 2 rings (SSSR count). The Morgan fingerprint density at radius 3 is 3.12 bits per heavy atom. The van der Waals surface area contributed by atoms with Gasteiger partial charge in [0.25, 0.3) is 0 Å². The van der Waals surface area contributed by atoms with Crippen LogP contribution < -0.4 is 19.5 Å². The molecule has 1 aromatic carbocycles. The molecular formula is C11H13NO4. The number of carbonyl (C=O) groups excluding carboxylic acids is 1. The minimum Gasteiger partial charge on any atom is -0.492 e. The van der Waals surface area contributed by atoms with Gasteiger partial charge in [0, 0.05) is 12.1 Å². The summed E-state index contributed by atoms with van der Waals surface area (Å²) in [6.07, 6.45) is 1.37. The molecule has 0 unspecified atom stereocenters. The molecule has 1 amide bonds. The largest absolute Gasteiger partial charge is 0.492 e. The SMILES string of the molecule is COc1c(CCNC=O)ccc2c1OCO2. The lowest BCUT2D eigenvalue weighted by atomic mass is 10.1. The van der Waals surface area contributed by atoms with Gasteiger partial charge in [-0.25, -0.2) is 0 Å². The van der Waals surface area contributed by atoms with E-state index in [1.54, 1.807) is 7.11 Å². The van der Waals surface area contributed by atoms with Crippen molar-refractivity contribution in [2.45, 2.75) is 6.42 Å². The number of ether oxygens (including phenoxy) is 3. The van der Waals surface area contributed by atoms with Crippen LogP contribution in [0.15, 0.2) is 12.1 Å². The summed E-state index contributed by atoms with van der Waals surface area (Å²) in [5.74, 6) is 2.03. The molecule has 0 aromatic heterocycles. The van der Waals surface area contributed by atoms with Crippen LogP contribution in [0.1, 0.15) is 5.56 Å². The van der Waals surface area contributed by atoms with E-state index in [1.807, 2.05) is 12.1 Å². The van der Waals surface area contributed by atoms with Gasteiger partial charge in [0.1, 0.15) is 0 Å². The second-order valence-electron chi connectivity index (χ2n) is 3.31. The number of fused-ring (bicyclic) bond motifs is 1. The molecule has 16 heavy (non-hydrogen) atoms. The van der Waals surface area contributed by atoms with E-state index in [9.17, 15) is 4.79 Å². The fraction of sp³-hybridized carbons (Fsp3) is 0.364. The topological polar surface area (TPSA) is 56.8 Å². The van der Waals surface area contributed by atoms with Crippen molar-refractivity contribution in [2.75, 3.05) is 20.4 Å². The van der Waals surface area contributed by atoms with Crippen molar-refractivity contribution < 1.29 is 19.0 Å². The maximum absolute atomic E-state index is 10.1. The summed E-state index contributed by atoms with van der Waals surface area (Å²) in [6, 6.07) is 3.76. The number of benzene rings is 1. The van der Waals surface area contributed by atoms with Gasteiger partial charge in [0.05, 0.1) is 7.11 Å². The minimum absolute atomic E-state index is 0.224. The number of rotatable bonds is 5. The smallest absolute Gasteiger partial charge is 0.231 e. The monoisotopic (exact) mass is 223 g/mol. The molecule has 5 heteroatoms. The predicted molar refractivity (Wildman–Crippen MR) is 56.9 cm³/mol. The highest BCUT2D eigenvalue weighted by atomic mass is 16.7. The van der Waals surface area contributed by atoms with Gasteiger partial charge in [-0.3, -0.25) is 4.79 Å². The summed E-state index contributed by atoms with van der Waals surface area (Å²) in [4.78, 5) is 10.1. The van der Waals surface area contributed by atoms with Crippen LogP contribution in [0.3, 0.4) is 0 Å². The van der Waals surface area contributed by atoms with Crippen molar-refractivity contribution in [3.63, 3.8) is 0 Å². The number of carbonyl (C=O) groups is 1. The third-order valence-corrected chi connectivity index (χ3v) is 2.40. The van der Waals surface area contributed by atoms with E-state index in [1.165, 1.54) is 0 Å². The van der Waals surface area contributed by atoms with Crippen LogP contribution in [0.5, 0.6) is 17.2 Å². The molecule has 1 aliphatic heterocycles. The zero-order valence-corrected chi connectivity index (χ0v) is 8.99. The number of hydrogen-bond acceptors (Lipinski definition) is 4. The maximum Gasteiger partial charge on any atom is 0.231 e. The van der Waals surface area contributed by atoms with Crippen molar-refractivity contribution >= 4 is 6.41 Å². The number of methoxy groups -OCH3 is 1. The third-order valence-electron chi connectivity index (χ3n) is 2.40. The normalized spacial score (nSPS) is 12.3. The van der Waals surface area contributed by atoms with Gasteiger partial charge in [-0.05, 0) is 12.5 Å². The summed E-state index contributed by atoms with van der Waals surface area (Å²) in [6.45, 7) is 0.793. The van der Waals surface area contributed by atoms with Crippen molar-refractivity contribution in [1.82, 2.24) is 5.32 Å². The Balaban J connectivity index is 2.21. The molecule has 1 aromatic rings. The Kier molecular flexibility index (Phi) is 3.14. The zero-order valence-electron chi connectivity index (χ0n) is 8.99. The van der Waals surface area contributed by atoms with Crippen molar-refractivity contribution in [1.29, 1.82) is 0 Å². The Labute approximate surface area is 93.3 Å². The highest BCUT2D eigenvalue weighted by Gasteiger charge is 2.21. The van der Waals surface area contributed by atoms with Gasteiger partial charge in [0.15, 0.2) is 11.5 Å². The van der Waals surface area contributed by atoms with Gasteiger partial charge in [-0.1, -0.05) is 6.07 Å². The average molecular weight is 223 g/mol. The molecule has 0 fully saturated rings. The quantitative estimate of drug-likeness (QED) is 0.590. The van der Waals surface area contributed by atoms with Crippen molar-refractivity contribution in [3.05, 3.63) is 17.7 Å². The van der Waals surface area contributed by atoms with Gasteiger partial charge in [0.2, 0.25) is 19.0 Å². The van der Waals surface area contributed by atoms with E-state index in [4.69, 9.17) is 14.2 Å². The third kappa shape index (κ3) is 1.88. The van der Waals surface area contributed by atoms with Crippen LogP contribution >= 0.6 is 0 Å². The number of hydrogen-bond donors (Lipinski definition) is 1. The lowest BCUT2D eigenvalue weighted by Crippen LogP contribution is -2.14. The molecule has 0 atom stereocenters. The first kappa shape index (κ1) is 10.6. The van der Waals surface area contributed by atoms with Crippen LogP contribution in [-0.2, 0) is 11.2 Å². The van der Waals surface area contributed by atoms with Crippen LogP contribution in [-0.4, -0.2) is 26.9 Å². The molecule has 0 aliphatic carbocycles. The fourth-order valence-electron chi connectivity index (χ4n) is 1.67. The molecule has 0 radical (unpaired) electrons. The average Bonchev–Trinajstić information content (AvgIpc) is 2.77. The number of nitrogens with one attached hydrogen (secondary N) is 1. The van der Waals surface area contributed by atoms with E-state index in [0.717, 1.165) is 5.56 Å². The summed E-state index contributed by atoms with van der Waals surface area (Å²) in [7, 11) is 1.59. The molecule has 0 saturated heterocycles. The Bertz CT molecular complexity index is 392. The summed E-state index contributed by atoms with van der Waals surface area (Å²) < 4.78 is 15.9. The molecule has 1 N–H and O–H groups in total. The van der Waals surface area contributed by atoms with Gasteiger partial charge in [-0.15, -0.1) is 0 Å². The van der Waals surface area contributed by atoms with Crippen LogP contribution in [0.2, 0.25) is 0 Å². The first-order chi connectivity index (χ1) is 7.86. The maximum atomic E-state index is 10.1. The van der Waals surface area contributed by atoms with Gasteiger partial charge < -0.3 is 19.5 Å². The van der Waals surface area contributed by atoms with E-state index in [2.05, 4.69) is 5.32 Å². The first-order valence-electron chi connectivity index (χ1n) is 4.99. The predicted octanol–water partition coefficient (Wildman–Crippen LogP) is 0.712. The van der Waals surface area contributed by atoms with Gasteiger partial charge in [-0.2, -0.15) is 0 Å². The van der Waals surface area contributed by atoms with Crippen LogP contribution in [0, 0.1) is 0 Å². The summed E-state index contributed by atoms with van der Waals surface area (Å²) >= 11 is 0. The lowest BCUT2D eigenvalue weighted by Gasteiger charge is -2.10. The Hall–Kier alpha value is -1.91. The molecule has 0 spiro atoms. The second kappa shape index (κ2) is 4.74. The fourth-order valence-corrected chi connectivity index (χ4v) is 1.67. The van der Waals surface area contributed by atoms with E-state index in [0.29, 0.717) is 36.6 Å². The van der Waals surface area contributed by atoms with Crippen LogP contribution in [0.4, 0.5) is 0 Å². The highest BCUT2D eigenvalue weighted by Crippen LogP contribution is 2.43. The standard InChI is InChI=1S/C11H13NO4/c1-14-10-8(4-5-12-6-13)2-3-9-11(10)16-7-15-9/h2-3,6H,4-5,7H2,1H3,(H,12,13). The summed E-state index contributed by atoms with van der Waals surface area (Å²) in [5, 5.41) is 2.61. The van der Waals surface area contributed by atoms with E-state index < -0.39 is 0 Å². The molecule has 5 nitrogen and oxygen atoms in total. The molecule has 1 heterocycles. The first-order valence-corrected chi connectivity index (χ1v) is 4.99. The molecule has 0 bridgehead atoms. The Morgan fingerprint density at radius 1 is 1.50 bits per heavy atom. The number of amides is 1. The molecule has 86 valence electrons. The second-order valence-corrected chi connectivity index (χ2v) is 3.31. The van der Waals surface area contributed by atoms with E-state index in [-0.39, 0.29) is 6.79 Å². The Morgan fingerprint density at radius 2 is 2.38 bits per heavy atom. The highest BCUT2D eigenvalue weighted by molar-refractivity contribution is 5.57. The van der Waals surface area contributed by atoms with E-state index >= 15 is 0 Å². The molecule has 0 saturated carbocycles. The van der Waals surface area contributed by atoms with Gasteiger partial charge >= 0.3 is 0 Å². The zero-order chi connectivity index (χ0) is 11.4.